The van der Waals surface area contributed by atoms with E-state index in [9.17, 15) is 14.7 Å². The van der Waals surface area contributed by atoms with Gasteiger partial charge in [0.1, 0.15) is 0 Å². The molecule has 31 heavy (non-hydrogen) atoms. The number of nitrogens with one attached hydrogen (secondary N) is 1. The molecule has 4 atom stereocenters. The van der Waals surface area contributed by atoms with Crippen LogP contribution in [-0.4, -0.2) is 35.7 Å². The zero-order chi connectivity index (χ0) is 22.3. The molecule has 2 N–H and O–H groups in total. The number of carboxylic acid groups (broad SMARTS) is 1. The van der Waals surface area contributed by atoms with Crippen molar-refractivity contribution in [1.82, 2.24) is 5.32 Å². The zero-order valence-corrected chi connectivity index (χ0v) is 19.9. The van der Waals surface area contributed by atoms with E-state index in [2.05, 4.69) is 12.2 Å². The topological polar surface area (TPSA) is 75.6 Å². The van der Waals surface area contributed by atoms with Crippen molar-refractivity contribution < 1.29 is 19.4 Å². The van der Waals surface area contributed by atoms with Gasteiger partial charge in [0.2, 0.25) is 5.91 Å². The molecule has 180 valence electrons. The number of carboxylic acids is 1. The summed E-state index contributed by atoms with van der Waals surface area (Å²) in [5, 5.41) is 12.4. The molecule has 2 aliphatic heterocycles. The first-order valence-electron chi connectivity index (χ1n) is 13.3. The minimum Gasteiger partial charge on any atom is -0.481 e. The summed E-state index contributed by atoms with van der Waals surface area (Å²) < 4.78 is 5.68. The predicted octanol–water partition coefficient (Wildman–Crippen LogP) is 6.24. The van der Waals surface area contributed by atoms with Gasteiger partial charge >= 0.3 is 5.97 Å². The van der Waals surface area contributed by atoms with Gasteiger partial charge in [-0.3, -0.25) is 9.59 Å². The van der Waals surface area contributed by atoms with Crippen molar-refractivity contribution in [3.63, 3.8) is 0 Å². The lowest BCUT2D eigenvalue weighted by Gasteiger charge is -2.23. The fourth-order valence-electron chi connectivity index (χ4n) is 5.33. The third kappa shape index (κ3) is 9.51. The number of hydrogen-bond acceptors (Lipinski definition) is 3. The summed E-state index contributed by atoms with van der Waals surface area (Å²) in [6.45, 7) is 2.92. The number of fused-ring (bicyclic) bond motifs is 2. The van der Waals surface area contributed by atoms with Crippen LogP contribution in [0, 0.1) is 11.8 Å². The van der Waals surface area contributed by atoms with Gasteiger partial charge in [0.15, 0.2) is 0 Å². The molecule has 0 aromatic rings. The van der Waals surface area contributed by atoms with Crippen LogP contribution in [0.4, 0.5) is 0 Å². The van der Waals surface area contributed by atoms with E-state index in [1.54, 1.807) is 0 Å². The fraction of sp³-hybridized carbons (Fsp3) is 0.923. The van der Waals surface area contributed by atoms with E-state index in [-0.39, 0.29) is 18.1 Å². The highest BCUT2D eigenvalue weighted by molar-refractivity contribution is 5.86. The molecule has 2 aliphatic rings. The van der Waals surface area contributed by atoms with Crippen molar-refractivity contribution in [1.29, 1.82) is 0 Å². The number of unbranched alkanes of at least 4 members (excludes halogenated alkanes) is 15. The third-order valence-corrected chi connectivity index (χ3v) is 7.19. The second kappa shape index (κ2) is 15.7. The highest BCUT2D eigenvalue weighted by Gasteiger charge is 2.55. The predicted molar refractivity (Wildman–Crippen MR) is 125 cm³/mol. The minimum atomic E-state index is -0.894. The summed E-state index contributed by atoms with van der Waals surface area (Å²) in [5.41, 5.74) is 0. The van der Waals surface area contributed by atoms with Crippen LogP contribution < -0.4 is 5.32 Å². The van der Waals surface area contributed by atoms with E-state index in [0.29, 0.717) is 6.54 Å². The van der Waals surface area contributed by atoms with E-state index in [1.165, 1.54) is 89.9 Å². The Morgan fingerprint density at radius 1 is 0.710 bits per heavy atom. The van der Waals surface area contributed by atoms with Crippen LogP contribution in [0.25, 0.3) is 0 Å². The normalized spacial score (nSPS) is 24.5. The van der Waals surface area contributed by atoms with Gasteiger partial charge in [-0.05, 0) is 19.3 Å². The first-order chi connectivity index (χ1) is 15.1. The Morgan fingerprint density at radius 3 is 1.58 bits per heavy atom. The Bertz CT molecular complexity index is 510. The fourth-order valence-corrected chi connectivity index (χ4v) is 5.33. The summed E-state index contributed by atoms with van der Waals surface area (Å²) in [6, 6.07) is 0. The molecule has 0 aliphatic carbocycles. The molecule has 2 fully saturated rings. The maximum absolute atomic E-state index is 12.5. The molecule has 0 aromatic heterocycles. The van der Waals surface area contributed by atoms with E-state index < -0.39 is 17.8 Å². The number of rotatable bonds is 19. The summed E-state index contributed by atoms with van der Waals surface area (Å²) >= 11 is 0. The summed E-state index contributed by atoms with van der Waals surface area (Å²) in [7, 11) is 0. The Kier molecular flexibility index (Phi) is 13.2. The molecular formula is C26H47NO4. The number of ether oxygens (including phenoxy) is 1. The molecule has 5 nitrogen and oxygen atoms in total. The van der Waals surface area contributed by atoms with Gasteiger partial charge in [0.25, 0.3) is 0 Å². The van der Waals surface area contributed by atoms with Crippen LogP contribution in [0.3, 0.4) is 0 Å². The van der Waals surface area contributed by atoms with Crippen molar-refractivity contribution in [2.45, 2.75) is 135 Å². The van der Waals surface area contributed by atoms with Crippen LogP contribution in [0.2, 0.25) is 0 Å². The quantitative estimate of drug-likeness (QED) is 0.234. The zero-order valence-electron chi connectivity index (χ0n) is 19.9. The summed E-state index contributed by atoms with van der Waals surface area (Å²) in [5.74, 6) is -2.18. The van der Waals surface area contributed by atoms with Crippen LogP contribution in [0.15, 0.2) is 0 Å². The number of amides is 1. The van der Waals surface area contributed by atoms with Gasteiger partial charge in [-0.25, -0.2) is 0 Å². The van der Waals surface area contributed by atoms with E-state index in [4.69, 9.17) is 4.74 Å². The standard InChI is InChI=1S/C26H47NO4/c1-2-3-4-5-6-7-8-9-10-11-12-13-14-15-16-17-20-27-25(28)23-21-18-19-22(31-21)24(23)26(29)30/h21-24H,2-20H2,1H3,(H,27,28)(H,29,30)/t21-,22-,23?,24?/m1/s1. The van der Waals surface area contributed by atoms with Crippen molar-refractivity contribution in [3.8, 4) is 0 Å². The molecule has 0 radical (unpaired) electrons. The third-order valence-electron chi connectivity index (χ3n) is 7.19. The van der Waals surface area contributed by atoms with E-state index in [0.717, 1.165) is 25.7 Å². The summed E-state index contributed by atoms with van der Waals surface area (Å²) in [6.07, 6.45) is 22.4. The molecule has 2 saturated heterocycles. The first kappa shape index (κ1) is 26.2. The largest absolute Gasteiger partial charge is 0.481 e. The van der Waals surface area contributed by atoms with Crippen molar-refractivity contribution in [2.24, 2.45) is 11.8 Å². The molecular weight excluding hydrogens is 390 g/mol. The molecule has 2 heterocycles. The molecule has 0 saturated carbocycles. The van der Waals surface area contributed by atoms with Gasteiger partial charge in [-0.1, -0.05) is 103 Å². The molecule has 2 rings (SSSR count). The van der Waals surface area contributed by atoms with Crippen molar-refractivity contribution in [2.75, 3.05) is 6.54 Å². The van der Waals surface area contributed by atoms with Gasteiger partial charge < -0.3 is 15.2 Å². The number of hydrogen-bond donors (Lipinski definition) is 2. The van der Waals surface area contributed by atoms with Crippen LogP contribution in [0.1, 0.15) is 122 Å². The lowest BCUT2D eigenvalue weighted by atomic mass is 9.78. The monoisotopic (exact) mass is 437 g/mol. The molecule has 1 amide bonds. The maximum atomic E-state index is 12.5. The smallest absolute Gasteiger partial charge is 0.310 e. The SMILES string of the molecule is CCCCCCCCCCCCCCCCCCNC(=O)C1C(C(=O)O)[C@H]2CC[C@H]1O2. The number of carbonyl (C=O) groups is 2. The Morgan fingerprint density at radius 2 is 1.13 bits per heavy atom. The molecule has 5 heteroatoms. The van der Waals surface area contributed by atoms with Gasteiger partial charge in [0.05, 0.1) is 24.0 Å². The van der Waals surface area contributed by atoms with Crippen molar-refractivity contribution >= 4 is 11.9 Å². The van der Waals surface area contributed by atoms with Crippen LogP contribution in [-0.2, 0) is 14.3 Å². The molecule has 2 bridgehead atoms. The number of carbonyl (C=O) groups excluding carboxylic acids is 1. The Balaban J connectivity index is 1.35. The van der Waals surface area contributed by atoms with Crippen LogP contribution in [0.5, 0.6) is 0 Å². The average molecular weight is 438 g/mol. The lowest BCUT2D eigenvalue weighted by molar-refractivity contribution is -0.147. The molecule has 0 aromatic carbocycles. The van der Waals surface area contributed by atoms with Gasteiger partial charge in [-0.15, -0.1) is 0 Å². The maximum Gasteiger partial charge on any atom is 0.310 e. The molecule has 2 unspecified atom stereocenters. The highest BCUT2D eigenvalue weighted by atomic mass is 16.5. The first-order valence-corrected chi connectivity index (χ1v) is 13.3. The minimum absolute atomic E-state index is 0.124. The van der Waals surface area contributed by atoms with E-state index >= 15 is 0 Å². The van der Waals surface area contributed by atoms with E-state index in [1.807, 2.05) is 0 Å². The Labute approximate surface area is 190 Å². The lowest BCUT2D eigenvalue weighted by Crippen LogP contribution is -2.44. The molecule has 0 spiro atoms. The highest BCUT2D eigenvalue weighted by Crippen LogP contribution is 2.43. The second-order valence-electron chi connectivity index (χ2n) is 9.77. The number of aliphatic carboxylic acids is 1. The van der Waals surface area contributed by atoms with Gasteiger partial charge in [-0.2, -0.15) is 0 Å². The summed E-state index contributed by atoms with van der Waals surface area (Å²) in [4.78, 5) is 23.9. The van der Waals surface area contributed by atoms with Gasteiger partial charge in [0, 0.05) is 6.54 Å². The second-order valence-corrected chi connectivity index (χ2v) is 9.77. The Hall–Kier alpha value is -1.10. The van der Waals surface area contributed by atoms with Crippen LogP contribution >= 0.6 is 0 Å². The average Bonchev–Trinajstić information content (AvgIpc) is 3.37. The van der Waals surface area contributed by atoms with Crippen molar-refractivity contribution in [3.05, 3.63) is 0 Å².